The number of aromatic nitrogens is 1. The number of halogens is 2. The summed E-state index contributed by atoms with van der Waals surface area (Å²) in [5.41, 5.74) is 1.33. The van der Waals surface area contributed by atoms with Gasteiger partial charge in [0, 0.05) is 23.1 Å². The first kappa shape index (κ1) is 11.7. The SMILES string of the molecule is Clc1cc(Cl)c2oc(C3CSCCN3)nc2c1. The number of hydrogen-bond donors (Lipinski definition) is 1. The van der Waals surface area contributed by atoms with E-state index >= 15 is 0 Å². The number of nitrogens with one attached hydrogen (secondary N) is 1. The van der Waals surface area contributed by atoms with Crippen molar-refractivity contribution >= 4 is 46.1 Å². The smallest absolute Gasteiger partial charge is 0.213 e. The summed E-state index contributed by atoms with van der Waals surface area (Å²) in [5, 5.41) is 4.46. The van der Waals surface area contributed by atoms with Gasteiger partial charge in [0.2, 0.25) is 5.89 Å². The number of fused-ring (bicyclic) bond motifs is 1. The van der Waals surface area contributed by atoms with E-state index in [-0.39, 0.29) is 6.04 Å². The molecule has 1 aliphatic heterocycles. The average Bonchev–Trinajstić information content (AvgIpc) is 2.74. The molecule has 90 valence electrons. The Morgan fingerprint density at radius 3 is 3.06 bits per heavy atom. The van der Waals surface area contributed by atoms with Crippen LogP contribution in [-0.2, 0) is 0 Å². The number of oxazole rings is 1. The van der Waals surface area contributed by atoms with Crippen LogP contribution >= 0.6 is 35.0 Å². The Morgan fingerprint density at radius 2 is 2.29 bits per heavy atom. The van der Waals surface area contributed by atoms with Crippen molar-refractivity contribution in [3.63, 3.8) is 0 Å². The molecule has 1 saturated heterocycles. The van der Waals surface area contributed by atoms with Crippen molar-refractivity contribution in [3.8, 4) is 0 Å². The van der Waals surface area contributed by atoms with Crippen LogP contribution in [0.15, 0.2) is 16.5 Å². The summed E-state index contributed by atoms with van der Waals surface area (Å²) in [4.78, 5) is 4.45. The van der Waals surface area contributed by atoms with Gasteiger partial charge in [-0.05, 0) is 12.1 Å². The lowest BCUT2D eigenvalue weighted by atomic mass is 10.3. The highest BCUT2D eigenvalue weighted by Crippen LogP contribution is 2.31. The first-order chi connectivity index (χ1) is 8.24. The first-order valence-corrected chi connectivity index (χ1v) is 7.22. The van der Waals surface area contributed by atoms with Crippen molar-refractivity contribution in [2.24, 2.45) is 0 Å². The summed E-state index contributed by atoms with van der Waals surface area (Å²) < 4.78 is 5.72. The van der Waals surface area contributed by atoms with E-state index < -0.39 is 0 Å². The lowest BCUT2D eigenvalue weighted by Crippen LogP contribution is -2.30. The zero-order valence-electron chi connectivity index (χ0n) is 8.87. The molecule has 0 radical (unpaired) electrons. The summed E-state index contributed by atoms with van der Waals surface area (Å²) in [5.74, 6) is 2.79. The highest BCUT2D eigenvalue weighted by atomic mass is 35.5. The Kier molecular flexibility index (Phi) is 3.21. The number of rotatable bonds is 1. The monoisotopic (exact) mass is 288 g/mol. The van der Waals surface area contributed by atoms with Gasteiger partial charge in [-0.3, -0.25) is 0 Å². The Labute approximate surface area is 113 Å². The maximum absolute atomic E-state index is 6.07. The van der Waals surface area contributed by atoms with Crippen LogP contribution in [-0.4, -0.2) is 23.0 Å². The maximum atomic E-state index is 6.07. The maximum Gasteiger partial charge on any atom is 0.213 e. The Hall–Kier alpha value is -0.420. The fraction of sp³-hybridized carbons (Fsp3) is 0.364. The van der Waals surface area contributed by atoms with E-state index in [1.165, 1.54) is 0 Å². The molecular weight excluding hydrogens is 279 g/mol. The highest BCUT2D eigenvalue weighted by molar-refractivity contribution is 7.99. The molecule has 1 atom stereocenters. The molecule has 17 heavy (non-hydrogen) atoms. The lowest BCUT2D eigenvalue weighted by Gasteiger charge is -2.19. The van der Waals surface area contributed by atoms with Gasteiger partial charge in [-0.2, -0.15) is 11.8 Å². The van der Waals surface area contributed by atoms with Gasteiger partial charge in [-0.25, -0.2) is 4.98 Å². The predicted octanol–water partition coefficient (Wildman–Crippen LogP) is 3.51. The Bertz CT molecular complexity index is 552. The van der Waals surface area contributed by atoms with Gasteiger partial charge in [0.05, 0.1) is 11.1 Å². The summed E-state index contributed by atoms with van der Waals surface area (Å²) in [6.07, 6.45) is 0. The first-order valence-electron chi connectivity index (χ1n) is 5.30. The van der Waals surface area contributed by atoms with E-state index in [9.17, 15) is 0 Å². The van der Waals surface area contributed by atoms with Crippen molar-refractivity contribution in [1.82, 2.24) is 10.3 Å². The van der Waals surface area contributed by atoms with Crippen LogP contribution < -0.4 is 5.32 Å². The molecule has 0 bridgehead atoms. The summed E-state index contributed by atoms with van der Waals surface area (Å²) in [7, 11) is 0. The molecule has 0 amide bonds. The van der Waals surface area contributed by atoms with Gasteiger partial charge in [0.15, 0.2) is 5.58 Å². The highest BCUT2D eigenvalue weighted by Gasteiger charge is 2.21. The second kappa shape index (κ2) is 4.69. The van der Waals surface area contributed by atoms with E-state index in [0.29, 0.717) is 21.5 Å². The van der Waals surface area contributed by atoms with Gasteiger partial charge < -0.3 is 9.73 Å². The molecule has 0 saturated carbocycles. The van der Waals surface area contributed by atoms with Gasteiger partial charge in [-0.1, -0.05) is 23.2 Å². The summed E-state index contributed by atoms with van der Waals surface area (Å²) in [6, 6.07) is 3.60. The number of hydrogen-bond acceptors (Lipinski definition) is 4. The minimum atomic E-state index is 0.163. The van der Waals surface area contributed by atoms with Crippen molar-refractivity contribution < 1.29 is 4.42 Å². The minimum absolute atomic E-state index is 0.163. The van der Waals surface area contributed by atoms with Crippen LogP contribution in [0, 0.1) is 0 Å². The zero-order valence-corrected chi connectivity index (χ0v) is 11.2. The molecule has 3 rings (SSSR count). The predicted molar refractivity (Wildman–Crippen MR) is 72.1 cm³/mol. The van der Waals surface area contributed by atoms with Crippen molar-refractivity contribution in [2.75, 3.05) is 18.1 Å². The van der Waals surface area contributed by atoms with E-state index in [0.717, 1.165) is 23.6 Å². The Balaban J connectivity index is 2.03. The standard InChI is InChI=1S/C11H10Cl2N2OS/c12-6-3-7(13)10-8(4-6)15-11(16-10)9-5-17-2-1-14-9/h3-4,9,14H,1-2,5H2. The Morgan fingerprint density at radius 1 is 1.41 bits per heavy atom. The third-order valence-electron chi connectivity index (χ3n) is 2.65. The van der Waals surface area contributed by atoms with Crippen LogP contribution in [0.2, 0.25) is 10.0 Å². The van der Waals surface area contributed by atoms with Crippen LogP contribution in [0.25, 0.3) is 11.1 Å². The molecular formula is C11H10Cl2N2OS. The van der Waals surface area contributed by atoms with E-state index in [2.05, 4.69) is 10.3 Å². The second-order valence-corrected chi connectivity index (χ2v) is 5.86. The summed E-state index contributed by atoms with van der Waals surface area (Å²) >= 11 is 13.9. The molecule has 1 fully saturated rings. The minimum Gasteiger partial charge on any atom is -0.437 e. The fourth-order valence-electron chi connectivity index (χ4n) is 1.85. The third kappa shape index (κ3) is 2.27. The normalized spacial score (nSPS) is 20.9. The molecule has 6 heteroatoms. The molecule has 0 spiro atoms. The molecule has 0 aliphatic carbocycles. The molecule has 2 aromatic rings. The van der Waals surface area contributed by atoms with Crippen LogP contribution in [0.3, 0.4) is 0 Å². The van der Waals surface area contributed by atoms with Crippen LogP contribution in [0.4, 0.5) is 0 Å². The summed E-state index contributed by atoms with van der Waals surface area (Å²) in [6.45, 7) is 0.975. The van der Waals surface area contributed by atoms with Gasteiger partial charge in [0.1, 0.15) is 5.52 Å². The molecule has 1 aliphatic rings. The second-order valence-electron chi connectivity index (χ2n) is 3.87. The van der Waals surface area contributed by atoms with E-state index in [1.807, 2.05) is 11.8 Å². The van der Waals surface area contributed by atoms with Crippen molar-refractivity contribution in [3.05, 3.63) is 28.1 Å². The van der Waals surface area contributed by atoms with Crippen molar-refractivity contribution in [2.45, 2.75) is 6.04 Å². The van der Waals surface area contributed by atoms with Gasteiger partial charge in [0.25, 0.3) is 0 Å². The fourth-order valence-corrected chi connectivity index (χ4v) is 3.30. The third-order valence-corrected chi connectivity index (χ3v) is 4.21. The molecule has 3 nitrogen and oxygen atoms in total. The molecule has 1 N–H and O–H groups in total. The molecule has 1 aromatic carbocycles. The number of benzene rings is 1. The quantitative estimate of drug-likeness (QED) is 0.871. The largest absolute Gasteiger partial charge is 0.437 e. The molecule has 1 unspecified atom stereocenters. The van der Waals surface area contributed by atoms with Gasteiger partial charge >= 0.3 is 0 Å². The molecule has 2 heterocycles. The van der Waals surface area contributed by atoms with Gasteiger partial charge in [-0.15, -0.1) is 0 Å². The van der Waals surface area contributed by atoms with E-state index in [4.69, 9.17) is 27.6 Å². The van der Waals surface area contributed by atoms with Crippen LogP contribution in [0.5, 0.6) is 0 Å². The van der Waals surface area contributed by atoms with E-state index in [1.54, 1.807) is 12.1 Å². The number of thioether (sulfide) groups is 1. The average molecular weight is 289 g/mol. The number of nitrogens with zero attached hydrogens (tertiary/aromatic N) is 1. The van der Waals surface area contributed by atoms with Crippen molar-refractivity contribution in [1.29, 1.82) is 0 Å². The zero-order chi connectivity index (χ0) is 11.8. The topological polar surface area (TPSA) is 38.1 Å². The lowest BCUT2D eigenvalue weighted by molar-refractivity contribution is 0.441. The van der Waals surface area contributed by atoms with Crippen LogP contribution in [0.1, 0.15) is 11.9 Å². The molecule has 1 aromatic heterocycles.